The third-order valence-corrected chi connectivity index (χ3v) is 4.59. The Kier molecular flexibility index (Phi) is 3.63. The maximum Gasteiger partial charge on any atom is 0.231 e. The first-order valence-corrected chi connectivity index (χ1v) is 8.34. The summed E-state index contributed by atoms with van der Waals surface area (Å²) in [6.07, 6.45) is 0. The Morgan fingerprint density at radius 3 is 2.78 bits per heavy atom. The minimum Gasteiger partial charge on any atom is -0.454 e. The molecule has 4 rings (SSSR count). The molecule has 0 radical (unpaired) electrons. The van der Waals surface area contributed by atoms with Gasteiger partial charge in [0.25, 0.3) is 0 Å². The summed E-state index contributed by atoms with van der Waals surface area (Å²) in [4.78, 5) is 4.68. The van der Waals surface area contributed by atoms with Crippen molar-refractivity contribution in [1.29, 1.82) is 0 Å². The van der Waals surface area contributed by atoms with Crippen LogP contribution in [0.2, 0.25) is 0 Å². The summed E-state index contributed by atoms with van der Waals surface area (Å²) in [7, 11) is 0. The minimum absolute atomic E-state index is 0.215. The number of hydrogen-bond donors (Lipinski definition) is 1. The second kappa shape index (κ2) is 5.93. The third-order valence-electron chi connectivity index (χ3n) is 3.81. The lowest BCUT2D eigenvalue weighted by atomic mass is 10.1. The lowest BCUT2D eigenvalue weighted by Gasteiger charge is -2.12. The molecule has 3 aromatic rings. The van der Waals surface area contributed by atoms with Crippen molar-refractivity contribution in [2.45, 2.75) is 13.0 Å². The topological polar surface area (TPSA) is 43.4 Å². The Labute approximate surface area is 138 Å². The average molecular weight is 324 g/mol. The highest BCUT2D eigenvalue weighted by atomic mass is 32.1. The quantitative estimate of drug-likeness (QED) is 0.754. The van der Waals surface area contributed by atoms with E-state index in [-0.39, 0.29) is 12.8 Å². The first-order chi connectivity index (χ1) is 11.3. The van der Waals surface area contributed by atoms with E-state index >= 15 is 0 Å². The minimum atomic E-state index is 0.215. The lowest BCUT2D eigenvalue weighted by Crippen LogP contribution is -2.05. The Bertz CT molecular complexity index is 817. The summed E-state index contributed by atoms with van der Waals surface area (Å²) in [6.45, 7) is 2.42. The molecule has 23 heavy (non-hydrogen) atoms. The highest BCUT2D eigenvalue weighted by molar-refractivity contribution is 7.14. The van der Waals surface area contributed by atoms with E-state index in [1.165, 1.54) is 5.56 Å². The molecule has 0 saturated heterocycles. The van der Waals surface area contributed by atoms with Gasteiger partial charge in [0, 0.05) is 10.9 Å². The van der Waals surface area contributed by atoms with E-state index in [9.17, 15) is 0 Å². The lowest BCUT2D eigenvalue weighted by molar-refractivity contribution is 0.174. The molecule has 2 aromatic carbocycles. The van der Waals surface area contributed by atoms with Crippen molar-refractivity contribution in [2.24, 2.45) is 0 Å². The molecule has 0 aliphatic carbocycles. The Morgan fingerprint density at radius 2 is 1.91 bits per heavy atom. The molecule has 1 aliphatic heterocycles. The van der Waals surface area contributed by atoms with Gasteiger partial charge in [0.15, 0.2) is 16.6 Å². The number of fused-ring (bicyclic) bond motifs is 1. The fourth-order valence-electron chi connectivity index (χ4n) is 2.54. The van der Waals surface area contributed by atoms with Crippen LogP contribution in [0.25, 0.3) is 11.3 Å². The zero-order valence-corrected chi connectivity index (χ0v) is 13.5. The van der Waals surface area contributed by atoms with Gasteiger partial charge in [0.1, 0.15) is 0 Å². The Balaban J connectivity index is 1.53. The second-order valence-corrected chi connectivity index (χ2v) is 6.24. The van der Waals surface area contributed by atoms with Crippen LogP contribution in [-0.2, 0) is 0 Å². The predicted octanol–water partition coefficient (Wildman–Crippen LogP) is 4.71. The fourth-order valence-corrected chi connectivity index (χ4v) is 3.35. The highest BCUT2D eigenvalue weighted by Crippen LogP contribution is 2.36. The van der Waals surface area contributed by atoms with Crippen molar-refractivity contribution in [2.75, 3.05) is 12.1 Å². The van der Waals surface area contributed by atoms with Gasteiger partial charge in [-0.15, -0.1) is 11.3 Å². The van der Waals surface area contributed by atoms with Crippen LogP contribution < -0.4 is 14.8 Å². The van der Waals surface area contributed by atoms with E-state index in [2.05, 4.69) is 34.7 Å². The van der Waals surface area contributed by atoms with Gasteiger partial charge < -0.3 is 14.8 Å². The molecule has 0 fully saturated rings. The van der Waals surface area contributed by atoms with Crippen molar-refractivity contribution in [3.05, 3.63) is 59.5 Å². The zero-order valence-electron chi connectivity index (χ0n) is 12.7. The fraction of sp³-hybridized carbons (Fsp3) is 0.167. The van der Waals surface area contributed by atoms with Gasteiger partial charge >= 0.3 is 0 Å². The average Bonchev–Trinajstić information content (AvgIpc) is 3.23. The second-order valence-electron chi connectivity index (χ2n) is 5.38. The number of anilines is 1. The van der Waals surface area contributed by atoms with E-state index in [4.69, 9.17) is 9.47 Å². The molecule has 2 heterocycles. The van der Waals surface area contributed by atoms with Crippen LogP contribution in [0.5, 0.6) is 11.5 Å². The van der Waals surface area contributed by atoms with Crippen LogP contribution in [0.3, 0.4) is 0 Å². The summed E-state index contributed by atoms with van der Waals surface area (Å²) < 4.78 is 10.8. The molecule has 0 amide bonds. The Hall–Kier alpha value is -2.53. The number of ether oxygens (including phenoxy) is 2. The van der Waals surface area contributed by atoms with E-state index in [1.807, 2.05) is 36.4 Å². The van der Waals surface area contributed by atoms with Gasteiger partial charge in [-0.2, -0.15) is 0 Å². The summed E-state index contributed by atoms with van der Waals surface area (Å²) in [5, 5.41) is 6.42. The standard InChI is InChI=1S/C18H16N2O2S/c1-12(13-5-3-2-4-6-13)19-18-20-15(10-23-18)14-7-8-16-17(9-14)22-11-21-16/h2-10,12H,11H2,1H3,(H,19,20)/t12-/m0/s1. The van der Waals surface area contributed by atoms with Gasteiger partial charge in [-0.05, 0) is 30.7 Å². The van der Waals surface area contributed by atoms with Gasteiger partial charge in [0.05, 0.1) is 11.7 Å². The molecule has 4 nitrogen and oxygen atoms in total. The van der Waals surface area contributed by atoms with Gasteiger partial charge in [-0.1, -0.05) is 30.3 Å². The molecule has 5 heteroatoms. The van der Waals surface area contributed by atoms with Crippen LogP contribution in [0.15, 0.2) is 53.9 Å². The predicted molar refractivity (Wildman–Crippen MR) is 92.2 cm³/mol. The molecule has 1 N–H and O–H groups in total. The molecular weight excluding hydrogens is 308 g/mol. The van der Waals surface area contributed by atoms with Gasteiger partial charge in [0.2, 0.25) is 6.79 Å². The maximum atomic E-state index is 5.43. The monoisotopic (exact) mass is 324 g/mol. The smallest absolute Gasteiger partial charge is 0.231 e. The maximum absolute atomic E-state index is 5.43. The summed E-state index contributed by atoms with van der Waals surface area (Å²) in [5.74, 6) is 1.57. The van der Waals surface area contributed by atoms with Crippen LogP contribution in [0.4, 0.5) is 5.13 Å². The zero-order chi connectivity index (χ0) is 15.6. The van der Waals surface area contributed by atoms with Crippen LogP contribution in [-0.4, -0.2) is 11.8 Å². The number of hydrogen-bond acceptors (Lipinski definition) is 5. The number of benzene rings is 2. The number of rotatable bonds is 4. The molecule has 1 atom stereocenters. The SMILES string of the molecule is C[C@H](Nc1nc(-c2ccc3c(c2)OCO3)cs1)c1ccccc1. The molecule has 116 valence electrons. The summed E-state index contributed by atoms with van der Waals surface area (Å²) in [5.41, 5.74) is 3.22. The number of thiazole rings is 1. The number of nitrogens with zero attached hydrogens (tertiary/aromatic N) is 1. The molecule has 0 unspecified atom stereocenters. The normalized spacial score (nSPS) is 13.8. The molecule has 1 aliphatic rings. The van der Waals surface area contributed by atoms with E-state index in [0.717, 1.165) is 27.9 Å². The van der Waals surface area contributed by atoms with Crippen molar-refractivity contribution in [3.8, 4) is 22.8 Å². The van der Waals surface area contributed by atoms with Gasteiger partial charge in [-0.3, -0.25) is 0 Å². The van der Waals surface area contributed by atoms with Gasteiger partial charge in [-0.25, -0.2) is 4.98 Å². The molecule has 0 bridgehead atoms. The molecular formula is C18H16N2O2S. The van der Waals surface area contributed by atoms with Crippen LogP contribution in [0.1, 0.15) is 18.5 Å². The van der Waals surface area contributed by atoms with E-state index in [0.29, 0.717) is 0 Å². The van der Waals surface area contributed by atoms with Crippen molar-refractivity contribution < 1.29 is 9.47 Å². The van der Waals surface area contributed by atoms with Crippen LogP contribution >= 0.6 is 11.3 Å². The third kappa shape index (κ3) is 2.87. The molecule has 0 saturated carbocycles. The first-order valence-electron chi connectivity index (χ1n) is 7.46. The van der Waals surface area contributed by atoms with Crippen molar-refractivity contribution in [3.63, 3.8) is 0 Å². The Morgan fingerprint density at radius 1 is 1.09 bits per heavy atom. The number of aromatic nitrogens is 1. The van der Waals surface area contributed by atoms with Crippen LogP contribution in [0, 0.1) is 0 Å². The molecule has 0 spiro atoms. The first kappa shape index (κ1) is 14.1. The van der Waals surface area contributed by atoms with Crippen molar-refractivity contribution >= 4 is 16.5 Å². The van der Waals surface area contributed by atoms with E-state index in [1.54, 1.807) is 11.3 Å². The van der Waals surface area contributed by atoms with E-state index < -0.39 is 0 Å². The highest BCUT2D eigenvalue weighted by Gasteiger charge is 2.15. The number of nitrogens with one attached hydrogen (secondary N) is 1. The summed E-state index contributed by atoms with van der Waals surface area (Å²) >= 11 is 1.61. The largest absolute Gasteiger partial charge is 0.454 e. The molecule has 1 aromatic heterocycles. The van der Waals surface area contributed by atoms with Crippen molar-refractivity contribution in [1.82, 2.24) is 4.98 Å². The summed E-state index contributed by atoms with van der Waals surface area (Å²) in [6, 6.07) is 16.5.